The summed E-state index contributed by atoms with van der Waals surface area (Å²) in [6.07, 6.45) is -13.4. The quantitative estimate of drug-likeness (QED) is 0.134. The minimum Gasteiger partial charge on any atom is -0.394 e. The molecule has 0 spiro atoms. The Morgan fingerprint density at radius 2 is 1.59 bits per heavy atom. The van der Waals surface area contributed by atoms with E-state index in [1.54, 1.807) is 0 Å². The lowest BCUT2D eigenvalue weighted by Crippen LogP contribution is -2.56. The maximum atomic E-state index is 12.9. The fraction of sp³-hybridized carbons (Fsp3) is 0.733. The van der Waals surface area contributed by atoms with Crippen LogP contribution in [0.15, 0.2) is 21.9 Å². The summed E-state index contributed by atoms with van der Waals surface area (Å²) in [6, 6.07) is 0.962. The van der Waals surface area contributed by atoms with E-state index in [0.29, 0.717) is 0 Å². The van der Waals surface area contributed by atoms with Gasteiger partial charge in [0.05, 0.1) is 13.2 Å². The molecule has 1 aromatic rings. The Morgan fingerprint density at radius 3 is 2.14 bits per heavy atom. The van der Waals surface area contributed by atoms with Crippen molar-refractivity contribution in [2.75, 3.05) is 13.2 Å². The van der Waals surface area contributed by atoms with Gasteiger partial charge in [0.15, 0.2) is 18.7 Å². The van der Waals surface area contributed by atoms with Crippen molar-refractivity contribution in [1.82, 2.24) is 9.55 Å². The molecule has 1 unspecified atom stereocenters. The number of nitrogens with zero attached hydrogens (tertiary/aromatic N) is 1. The number of hydrogen-bond donors (Lipinski definition) is 10. The number of H-pyrrole nitrogens is 1. The molecule has 1 aromatic heterocycles. The summed E-state index contributed by atoms with van der Waals surface area (Å²) < 4.78 is 53.0. The minimum atomic E-state index is -5.32. The van der Waals surface area contributed by atoms with Crippen molar-refractivity contribution in [2.45, 2.75) is 55.3 Å². The van der Waals surface area contributed by atoms with E-state index >= 15 is 0 Å². The molecule has 37 heavy (non-hydrogen) atoms. The number of phosphoric acid groups is 2. The molecule has 3 heterocycles. The number of phosphoric ester groups is 1. The average Bonchev–Trinajstić information content (AvgIpc) is 3.06. The van der Waals surface area contributed by atoms with Crippen molar-refractivity contribution < 1.29 is 77.1 Å². The van der Waals surface area contributed by atoms with Gasteiger partial charge in [-0.1, -0.05) is 0 Å². The van der Waals surface area contributed by atoms with Crippen molar-refractivity contribution in [3.8, 4) is 0 Å². The molecule has 10 atom stereocenters. The third-order valence-electron chi connectivity index (χ3n) is 4.89. The van der Waals surface area contributed by atoms with Gasteiger partial charge in [-0.05, 0) is 0 Å². The van der Waals surface area contributed by atoms with Crippen LogP contribution >= 0.6 is 15.6 Å². The van der Waals surface area contributed by atoms with Gasteiger partial charge in [0.2, 0.25) is 0 Å². The molecule has 2 fully saturated rings. The van der Waals surface area contributed by atoms with Gasteiger partial charge in [-0.2, -0.15) is 4.31 Å². The summed E-state index contributed by atoms with van der Waals surface area (Å²) in [5, 5.41) is 55.0. The summed E-state index contributed by atoms with van der Waals surface area (Å²) >= 11 is 0. The van der Waals surface area contributed by atoms with E-state index in [9.17, 15) is 33.3 Å². The molecule has 22 heteroatoms. The summed E-state index contributed by atoms with van der Waals surface area (Å²) in [5.74, 6) is 0. The molecular formula is C15H25FN2O17P2. The maximum Gasteiger partial charge on any atom is 0.481 e. The van der Waals surface area contributed by atoms with Crippen LogP contribution in [0.3, 0.4) is 0 Å². The number of nitrogens with one attached hydrogen (secondary N) is 1. The minimum absolute atomic E-state index is 0.651. The van der Waals surface area contributed by atoms with Crippen molar-refractivity contribution >= 4 is 15.6 Å². The van der Waals surface area contributed by atoms with E-state index in [0.717, 1.165) is 16.8 Å². The molecule has 19 nitrogen and oxygen atoms in total. The Bertz CT molecular complexity index is 1110. The van der Waals surface area contributed by atoms with Gasteiger partial charge in [0, 0.05) is 12.3 Å². The predicted molar refractivity (Wildman–Crippen MR) is 111 cm³/mol. The first kappa shape index (κ1) is 31.8. The van der Waals surface area contributed by atoms with Crippen LogP contribution in [0.5, 0.6) is 0 Å². The first-order chi connectivity index (χ1) is 17.0. The number of halogens is 1. The van der Waals surface area contributed by atoms with Crippen molar-refractivity contribution in [2.24, 2.45) is 0 Å². The number of ether oxygens (including phenoxy) is 2. The van der Waals surface area contributed by atoms with Crippen molar-refractivity contribution in [3.63, 3.8) is 0 Å². The summed E-state index contributed by atoms with van der Waals surface area (Å²) in [6.45, 7) is -1.55. The highest BCUT2D eigenvalue weighted by Crippen LogP contribution is 2.57. The van der Waals surface area contributed by atoms with Gasteiger partial charge in [-0.15, -0.1) is 0 Å². The Morgan fingerprint density at radius 1 is 0.973 bits per heavy atom. The van der Waals surface area contributed by atoms with Crippen LogP contribution in [0.4, 0.5) is 4.39 Å². The summed E-state index contributed by atoms with van der Waals surface area (Å²) in [5.41, 5.74) is -1.65. The molecule has 10 N–H and O–H groups in total. The fourth-order valence-corrected chi connectivity index (χ4v) is 4.70. The first-order valence-electron chi connectivity index (χ1n) is 9.99. The summed E-state index contributed by atoms with van der Waals surface area (Å²) in [7, 11) is -10.5. The second-order valence-corrected chi connectivity index (χ2v) is 10.4. The van der Waals surface area contributed by atoms with Gasteiger partial charge >= 0.3 is 21.3 Å². The van der Waals surface area contributed by atoms with E-state index in [1.807, 2.05) is 4.98 Å². The molecule has 0 aliphatic carbocycles. The molecule has 0 bridgehead atoms. The number of aromatic amines is 1. The van der Waals surface area contributed by atoms with E-state index < -0.39 is 95.4 Å². The van der Waals surface area contributed by atoms with E-state index in [4.69, 9.17) is 39.8 Å². The fourth-order valence-electron chi connectivity index (χ4n) is 3.11. The molecule has 0 amide bonds. The number of hydrogen-bond acceptors (Lipinski definition) is 14. The van der Waals surface area contributed by atoms with Crippen LogP contribution in [0, 0.1) is 0 Å². The molecule has 2 aliphatic heterocycles. The van der Waals surface area contributed by atoms with Gasteiger partial charge in [0.25, 0.3) is 5.56 Å². The highest BCUT2D eigenvalue weighted by atomic mass is 31.3. The molecule has 214 valence electrons. The maximum absolute atomic E-state index is 12.9. The van der Waals surface area contributed by atoms with Crippen molar-refractivity contribution in [1.29, 1.82) is 0 Å². The van der Waals surface area contributed by atoms with Gasteiger partial charge in [-0.25, -0.2) is 18.3 Å². The number of alkyl halides is 1. The molecule has 2 saturated heterocycles. The third-order valence-corrected chi connectivity index (χ3v) is 7.04. The highest BCUT2D eigenvalue weighted by molar-refractivity contribution is 7.60. The normalized spacial score (nSPS) is 35.9. The Hall–Kier alpha value is -1.45. The molecule has 0 saturated carbocycles. The lowest BCUT2D eigenvalue weighted by Gasteiger charge is -2.36. The molecule has 3 rings (SSSR count). The van der Waals surface area contributed by atoms with E-state index in [1.165, 1.54) is 0 Å². The lowest BCUT2D eigenvalue weighted by molar-refractivity contribution is -0.274. The van der Waals surface area contributed by atoms with Gasteiger partial charge < -0.3 is 54.8 Å². The van der Waals surface area contributed by atoms with Crippen LogP contribution < -0.4 is 11.2 Å². The standard InChI is InChI=1S/C9H14N2O12P2.C6H11FO5/c12-5-1-2-11(9(15)10-5)8-7(14)6(13)4(22-8)3-21-25(19,20)23-24(16,17)18;7-3-2(1-8)12-6(11)5(10)4(3)9/h1-2,4,6-8,13-14H,3H2,(H,19,20)(H,10,12,15)(H2,16,17,18);2-6,8-11H,1H2/t4-,6-,7-,8-;2-,3+,4+,5-,6+/m11/s1. The number of aliphatic hydroxyl groups is 6. The second kappa shape index (κ2) is 12.6. The predicted octanol–water partition coefficient (Wildman–Crippen LogP) is -4.86. The van der Waals surface area contributed by atoms with Crippen LogP contribution in [0.1, 0.15) is 6.23 Å². The van der Waals surface area contributed by atoms with E-state index in [-0.39, 0.29) is 0 Å². The molecular weight excluding hydrogens is 561 g/mol. The van der Waals surface area contributed by atoms with Crippen LogP contribution in [0.2, 0.25) is 0 Å². The second-order valence-electron chi connectivity index (χ2n) is 7.57. The Kier molecular flexibility index (Phi) is 10.8. The lowest BCUT2D eigenvalue weighted by atomic mass is 10.0. The number of aromatic nitrogens is 2. The topological polar surface area (TPSA) is 308 Å². The van der Waals surface area contributed by atoms with Crippen LogP contribution in [0.25, 0.3) is 0 Å². The highest BCUT2D eigenvalue weighted by Gasteiger charge is 2.46. The SMILES string of the molecule is O=c1ccn([C@@H]2O[C@H](COP(=O)(O)OP(=O)(O)O)[C@@H](O)[C@H]2O)c(=O)[nH]1.OC[C@H]1O[C@H](O)[C@H](O)[C@@H](O)[C@H]1F. The number of aliphatic hydroxyl groups excluding tert-OH is 6. The Balaban J connectivity index is 0.000000335. The zero-order valence-electron chi connectivity index (χ0n) is 18.3. The zero-order chi connectivity index (χ0) is 28.3. The van der Waals surface area contributed by atoms with Gasteiger partial charge in [-0.3, -0.25) is 18.9 Å². The molecule has 0 aromatic carbocycles. The zero-order valence-corrected chi connectivity index (χ0v) is 20.1. The Labute approximate surface area is 204 Å². The van der Waals surface area contributed by atoms with Crippen LogP contribution in [-0.4, -0.2) is 117 Å². The number of rotatable bonds is 7. The van der Waals surface area contributed by atoms with Crippen molar-refractivity contribution in [3.05, 3.63) is 33.1 Å². The molecule has 2 aliphatic rings. The molecule has 0 radical (unpaired) electrons. The van der Waals surface area contributed by atoms with Crippen LogP contribution in [-0.2, 0) is 27.4 Å². The smallest absolute Gasteiger partial charge is 0.394 e. The van der Waals surface area contributed by atoms with E-state index in [2.05, 4.69) is 13.6 Å². The first-order valence-corrected chi connectivity index (χ1v) is 13.0. The largest absolute Gasteiger partial charge is 0.481 e. The summed E-state index contributed by atoms with van der Waals surface area (Å²) in [4.78, 5) is 50.7. The monoisotopic (exact) mass is 586 g/mol. The van der Waals surface area contributed by atoms with Gasteiger partial charge in [0.1, 0.15) is 36.6 Å². The average molecular weight is 586 g/mol. The third kappa shape index (κ3) is 8.52.